The molecule has 2 amide bonds. The third-order valence-corrected chi connectivity index (χ3v) is 7.14. The van der Waals surface area contributed by atoms with Crippen LogP contribution in [0.4, 0.5) is 0 Å². The summed E-state index contributed by atoms with van der Waals surface area (Å²) in [5.41, 5.74) is 4.59. The lowest BCUT2D eigenvalue weighted by Crippen LogP contribution is -2.53. The van der Waals surface area contributed by atoms with Crippen LogP contribution in [0.5, 0.6) is 0 Å². The molecule has 1 unspecified atom stereocenters. The fraction of sp³-hybridized carbons (Fsp3) is 0.250. The predicted molar refractivity (Wildman–Crippen MR) is 140 cm³/mol. The summed E-state index contributed by atoms with van der Waals surface area (Å²) in [6.07, 6.45) is 3.27. The first-order valence-electron chi connectivity index (χ1n) is 11.8. The number of hydrogen-bond acceptors (Lipinski definition) is 4. The number of hydrogen-bond donors (Lipinski definition) is 2. The van der Waals surface area contributed by atoms with E-state index in [0.29, 0.717) is 18.5 Å². The molecule has 2 N–H and O–H groups in total. The third-order valence-electron chi connectivity index (χ3n) is 6.50. The molecule has 35 heavy (non-hydrogen) atoms. The summed E-state index contributed by atoms with van der Waals surface area (Å²) in [5.74, 6) is 1.33. The minimum Gasteiger partial charge on any atom is -0.344 e. The molecule has 1 aromatic heterocycles. The summed E-state index contributed by atoms with van der Waals surface area (Å²) in [5, 5.41) is 3.23. The van der Waals surface area contributed by atoms with Gasteiger partial charge in [0.15, 0.2) is 0 Å². The summed E-state index contributed by atoms with van der Waals surface area (Å²) in [4.78, 5) is 37.1. The van der Waals surface area contributed by atoms with Crippen LogP contribution >= 0.6 is 11.8 Å². The van der Waals surface area contributed by atoms with Gasteiger partial charge in [-0.05, 0) is 53.8 Å². The first-order chi connectivity index (χ1) is 17.1. The number of benzene rings is 3. The molecule has 1 aliphatic rings. The molecule has 178 valence electrons. The Labute approximate surface area is 209 Å². The van der Waals surface area contributed by atoms with Gasteiger partial charge in [0.1, 0.15) is 11.9 Å². The van der Waals surface area contributed by atoms with E-state index in [4.69, 9.17) is 4.98 Å². The lowest BCUT2D eigenvalue weighted by atomic mass is 9.92. The number of nitrogens with one attached hydrogen (secondary N) is 2. The molecule has 0 fully saturated rings. The molecule has 0 saturated carbocycles. The van der Waals surface area contributed by atoms with Crippen molar-refractivity contribution in [1.29, 1.82) is 0 Å². The van der Waals surface area contributed by atoms with Crippen molar-refractivity contribution in [2.45, 2.75) is 31.5 Å². The fourth-order valence-corrected chi connectivity index (χ4v) is 5.11. The quantitative estimate of drug-likeness (QED) is 0.397. The second kappa shape index (κ2) is 10.4. The van der Waals surface area contributed by atoms with Crippen LogP contribution < -0.4 is 5.32 Å². The molecule has 0 spiro atoms. The van der Waals surface area contributed by atoms with E-state index in [1.807, 2.05) is 66.7 Å². The Balaban J connectivity index is 1.44. The normalized spacial score (nSPS) is 16.0. The Bertz CT molecular complexity index is 1300. The maximum atomic E-state index is 13.8. The highest BCUT2D eigenvalue weighted by Gasteiger charge is 2.36. The van der Waals surface area contributed by atoms with E-state index < -0.39 is 6.04 Å². The number of amides is 2. The van der Waals surface area contributed by atoms with Crippen molar-refractivity contribution in [3.8, 4) is 0 Å². The third kappa shape index (κ3) is 4.95. The Hall–Kier alpha value is -3.58. The monoisotopic (exact) mass is 484 g/mol. The number of thioether (sulfide) groups is 1. The summed E-state index contributed by atoms with van der Waals surface area (Å²) in [7, 11) is 0. The van der Waals surface area contributed by atoms with Gasteiger partial charge < -0.3 is 15.2 Å². The fourth-order valence-electron chi connectivity index (χ4n) is 4.64. The summed E-state index contributed by atoms with van der Waals surface area (Å²) < 4.78 is 0. The van der Waals surface area contributed by atoms with Crippen molar-refractivity contribution >= 4 is 34.6 Å². The predicted octanol–water partition coefficient (Wildman–Crippen LogP) is 4.74. The number of imidazole rings is 1. The van der Waals surface area contributed by atoms with Crippen LogP contribution in [0.3, 0.4) is 0 Å². The van der Waals surface area contributed by atoms with E-state index in [2.05, 4.69) is 16.6 Å². The van der Waals surface area contributed by atoms with Crippen molar-refractivity contribution in [2.75, 3.05) is 12.0 Å². The molecule has 2 atom stereocenters. The van der Waals surface area contributed by atoms with Crippen LogP contribution in [0.25, 0.3) is 11.0 Å². The van der Waals surface area contributed by atoms with Gasteiger partial charge in [0.25, 0.3) is 5.91 Å². The molecular weight excluding hydrogens is 456 g/mol. The highest BCUT2D eigenvalue weighted by Crippen LogP contribution is 2.27. The molecule has 0 radical (unpaired) electrons. The lowest BCUT2D eigenvalue weighted by molar-refractivity contribution is -0.127. The highest BCUT2D eigenvalue weighted by molar-refractivity contribution is 7.98. The van der Waals surface area contributed by atoms with Gasteiger partial charge >= 0.3 is 0 Å². The van der Waals surface area contributed by atoms with Crippen molar-refractivity contribution < 1.29 is 9.59 Å². The molecule has 0 bridgehead atoms. The van der Waals surface area contributed by atoms with E-state index in [1.54, 1.807) is 28.8 Å². The average Bonchev–Trinajstić information content (AvgIpc) is 3.34. The smallest absolute Gasteiger partial charge is 0.254 e. The van der Waals surface area contributed by atoms with E-state index in [9.17, 15) is 9.59 Å². The van der Waals surface area contributed by atoms with Gasteiger partial charge in [-0.2, -0.15) is 11.8 Å². The highest BCUT2D eigenvalue weighted by atomic mass is 32.2. The van der Waals surface area contributed by atoms with Gasteiger partial charge in [0.05, 0.1) is 17.1 Å². The van der Waals surface area contributed by atoms with Crippen LogP contribution in [-0.2, 0) is 17.8 Å². The zero-order valence-corrected chi connectivity index (χ0v) is 20.4. The number of nitrogens with zero attached hydrogens (tertiary/aromatic N) is 2. The van der Waals surface area contributed by atoms with Gasteiger partial charge in [-0.15, -0.1) is 0 Å². The Morgan fingerprint density at radius 2 is 1.74 bits per heavy atom. The molecule has 6 nitrogen and oxygen atoms in total. The topological polar surface area (TPSA) is 78.1 Å². The van der Waals surface area contributed by atoms with Crippen LogP contribution in [0.15, 0.2) is 78.9 Å². The van der Waals surface area contributed by atoms with Gasteiger partial charge in [-0.1, -0.05) is 54.6 Å². The van der Waals surface area contributed by atoms with Gasteiger partial charge in [0.2, 0.25) is 5.91 Å². The molecule has 1 aliphatic heterocycles. The first kappa shape index (κ1) is 23.2. The van der Waals surface area contributed by atoms with Crippen LogP contribution in [0.2, 0.25) is 0 Å². The SMILES string of the molecule is CSCC[C@@H](NC(=O)C1Cc2ccccc2CN1C(=O)c1ccccc1)c1nc2ccccc2[nH]1. The Morgan fingerprint density at radius 3 is 2.51 bits per heavy atom. The minimum atomic E-state index is -0.598. The number of carbonyl (C=O) groups is 2. The molecule has 4 aromatic rings. The van der Waals surface area contributed by atoms with Crippen molar-refractivity contribution in [3.05, 3.63) is 101 Å². The van der Waals surface area contributed by atoms with Crippen LogP contribution in [-0.4, -0.2) is 44.7 Å². The van der Waals surface area contributed by atoms with Crippen LogP contribution in [0, 0.1) is 0 Å². The number of aromatic nitrogens is 2. The lowest BCUT2D eigenvalue weighted by Gasteiger charge is -2.36. The van der Waals surface area contributed by atoms with Crippen molar-refractivity contribution in [3.63, 3.8) is 0 Å². The number of H-pyrrole nitrogens is 1. The Morgan fingerprint density at radius 1 is 1.03 bits per heavy atom. The number of para-hydroxylation sites is 2. The summed E-state index contributed by atoms with van der Waals surface area (Å²) >= 11 is 1.73. The molecule has 0 aliphatic carbocycles. The number of rotatable bonds is 7. The second-order valence-corrected chi connectivity index (χ2v) is 9.76. The second-order valence-electron chi connectivity index (χ2n) is 8.77. The van der Waals surface area contributed by atoms with Gasteiger partial charge in [-0.3, -0.25) is 9.59 Å². The van der Waals surface area contributed by atoms with Crippen molar-refractivity contribution in [1.82, 2.24) is 20.2 Å². The summed E-state index contributed by atoms with van der Waals surface area (Å²) in [6, 6.07) is 24.2. The standard InChI is InChI=1S/C28H28N4O2S/c1-35-16-15-24(26-29-22-13-7-8-14-23(22)30-26)31-27(33)25-17-20-11-5-6-12-21(20)18-32(25)28(34)19-9-3-2-4-10-19/h2-14,24-25H,15-18H2,1H3,(H,29,30)(H,31,33)/t24-,25?/m1/s1. The van der Waals surface area contributed by atoms with E-state index in [-0.39, 0.29) is 17.9 Å². The minimum absolute atomic E-state index is 0.135. The molecule has 7 heteroatoms. The maximum absolute atomic E-state index is 13.8. The van der Waals surface area contributed by atoms with Gasteiger partial charge in [0, 0.05) is 18.5 Å². The zero-order valence-electron chi connectivity index (χ0n) is 19.6. The average molecular weight is 485 g/mol. The van der Waals surface area contributed by atoms with E-state index in [1.165, 1.54) is 0 Å². The molecule has 0 saturated heterocycles. The van der Waals surface area contributed by atoms with Crippen molar-refractivity contribution in [2.24, 2.45) is 0 Å². The summed E-state index contributed by atoms with van der Waals surface area (Å²) in [6.45, 7) is 0.405. The number of carbonyl (C=O) groups excluding carboxylic acids is 2. The van der Waals surface area contributed by atoms with E-state index in [0.717, 1.165) is 40.2 Å². The largest absolute Gasteiger partial charge is 0.344 e. The number of fused-ring (bicyclic) bond motifs is 2. The molecule has 3 aromatic carbocycles. The zero-order chi connectivity index (χ0) is 24.2. The van der Waals surface area contributed by atoms with E-state index >= 15 is 0 Å². The van der Waals surface area contributed by atoms with Crippen LogP contribution in [0.1, 0.15) is 39.8 Å². The first-order valence-corrected chi connectivity index (χ1v) is 13.2. The maximum Gasteiger partial charge on any atom is 0.254 e. The molecule has 2 heterocycles. The molecular formula is C28H28N4O2S. The van der Waals surface area contributed by atoms with Gasteiger partial charge in [-0.25, -0.2) is 4.98 Å². The Kier molecular flexibility index (Phi) is 6.86. The number of aromatic amines is 1. The molecule has 5 rings (SSSR count).